The summed E-state index contributed by atoms with van der Waals surface area (Å²) in [6.07, 6.45) is 4.43. The summed E-state index contributed by atoms with van der Waals surface area (Å²) in [5.74, 6) is 1.58. The van der Waals surface area contributed by atoms with E-state index in [2.05, 4.69) is 43.4 Å². The first kappa shape index (κ1) is 12.7. The standard InChI is InChI=1S/C17H23NO/c1-12-8-9-13(2)17(10-12)11-15(19)18-16(17)14-6-4-3-5-7-14/h3-7,12-13,16H,8-11H2,1-2H3,(H,18,19). The van der Waals surface area contributed by atoms with Crippen LogP contribution in [0.5, 0.6) is 0 Å². The molecular formula is C17H23NO. The van der Waals surface area contributed by atoms with E-state index in [-0.39, 0.29) is 17.4 Å². The van der Waals surface area contributed by atoms with Crippen LogP contribution in [0.25, 0.3) is 0 Å². The molecule has 2 aliphatic rings. The van der Waals surface area contributed by atoms with E-state index in [4.69, 9.17) is 0 Å². The molecule has 1 aliphatic carbocycles. The average Bonchev–Trinajstić information content (AvgIpc) is 2.73. The highest BCUT2D eigenvalue weighted by Crippen LogP contribution is 2.56. The maximum atomic E-state index is 12.0. The Morgan fingerprint density at radius 2 is 1.89 bits per heavy atom. The van der Waals surface area contributed by atoms with Crippen LogP contribution in [0.3, 0.4) is 0 Å². The fourth-order valence-corrected chi connectivity index (χ4v) is 4.24. The van der Waals surface area contributed by atoms with E-state index in [1.165, 1.54) is 24.8 Å². The molecule has 3 rings (SSSR count). The van der Waals surface area contributed by atoms with Crippen LogP contribution in [-0.2, 0) is 4.79 Å². The quantitative estimate of drug-likeness (QED) is 0.816. The zero-order chi connectivity index (χ0) is 13.5. The topological polar surface area (TPSA) is 29.1 Å². The monoisotopic (exact) mass is 257 g/mol. The number of amides is 1. The van der Waals surface area contributed by atoms with Crippen molar-refractivity contribution in [3.8, 4) is 0 Å². The van der Waals surface area contributed by atoms with E-state index >= 15 is 0 Å². The lowest BCUT2D eigenvalue weighted by Crippen LogP contribution is -2.39. The summed E-state index contributed by atoms with van der Waals surface area (Å²) in [6.45, 7) is 4.67. The Morgan fingerprint density at radius 1 is 1.16 bits per heavy atom. The zero-order valence-electron chi connectivity index (χ0n) is 11.9. The minimum absolute atomic E-state index is 0.135. The first-order chi connectivity index (χ1) is 9.12. The molecule has 1 heterocycles. The Bertz CT molecular complexity index is 469. The second kappa shape index (κ2) is 4.66. The third kappa shape index (κ3) is 2.07. The molecule has 4 unspecified atom stereocenters. The molecule has 1 saturated heterocycles. The van der Waals surface area contributed by atoms with Crippen molar-refractivity contribution in [2.75, 3.05) is 0 Å². The molecule has 0 bridgehead atoms. The highest BCUT2D eigenvalue weighted by molar-refractivity contribution is 5.80. The fourth-order valence-electron chi connectivity index (χ4n) is 4.24. The molecule has 102 valence electrons. The van der Waals surface area contributed by atoms with Gasteiger partial charge in [0.2, 0.25) is 5.91 Å². The summed E-state index contributed by atoms with van der Waals surface area (Å²) < 4.78 is 0. The summed E-state index contributed by atoms with van der Waals surface area (Å²) in [7, 11) is 0. The van der Waals surface area contributed by atoms with Gasteiger partial charge in [-0.05, 0) is 30.2 Å². The van der Waals surface area contributed by atoms with Crippen LogP contribution < -0.4 is 5.32 Å². The van der Waals surface area contributed by atoms with E-state index < -0.39 is 0 Å². The van der Waals surface area contributed by atoms with E-state index in [0.29, 0.717) is 12.3 Å². The number of carbonyl (C=O) groups is 1. The van der Waals surface area contributed by atoms with Crippen molar-refractivity contribution in [2.24, 2.45) is 17.3 Å². The minimum atomic E-state index is 0.135. The molecule has 1 N–H and O–H groups in total. The van der Waals surface area contributed by atoms with Crippen LogP contribution in [0.4, 0.5) is 0 Å². The Hall–Kier alpha value is -1.31. The van der Waals surface area contributed by atoms with Gasteiger partial charge in [0.25, 0.3) is 0 Å². The van der Waals surface area contributed by atoms with Crippen molar-refractivity contribution in [1.82, 2.24) is 5.32 Å². The molecule has 1 saturated carbocycles. The lowest BCUT2D eigenvalue weighted by molar-refractivity contribution is -0.120. The molecule has 1 aliphatic heterocycles. The van der Waals surface area contributed by atoms with Gasteiger partial charge < -0.3 is 5.32 Å². The number of rotatable bonds is 1. The molecule has 1 amide bonds. The first-order valence-electron chi connectivity index (χ1n) is 7.46. The maximum Gasteiger partial charge on any atom is 0.221 e. The van der Waals surface area contributed by atoms with Gasteiger partial charge in [-0.15, -0.1) is 0 Å². The number of hydrogen-bond acceptors (Lipinski definition) is 1. The predicted molar refractivity (Wildman–Crippen MR) is 76.6 cm³/mol. The molecule has 2 heteroatoms. The number of carbonyl (C=O) groups excluding carboxylic acids is 1. The Morgan fingerprint density at radius 3 is 2.63 bits per heavy atom. The number of nitrogens with one attached hydrogen (secondary N) is 1. The summed E-state index contributed by atoms with van der Waals surface area (Å²) in [6, 6.07) is 10.7. The highest BCUT2D eigenvalue weighted by atomic mass is 16.2. The summed E-state index contributed by atoms with van der Waals surface area (Å²) >= 11 is 0. The number of hydrogen-bond donors (Lipinski definition) is 1. The predicted octanol–water partition coefficient (Wildman–Crippen LogP) is 3.69. The van der Waals surface area contributed by atoms with Crippen LogP contribution in [0.1, 0.15) is 51.1 Å². The van der Waals surface area contributed by atoms with E-state index in [0.717, 1.165) is 5.92 Å². The van der Waals surface area contributed by atoms with Crippen molar-refractivity contribution in [3.63, 3.8) is 0 Å². The third-order valence-electron chi connectivity index (χ3n) is 5.31. The molecule has 1 spiro atoms. The summed E-state index contributed by atoms with van der Waals surface area (Å²) in [5.41, 5.74) is 1.41. The molecule has 1 aromatic rings. The van der Waals surface area contributed by atoms with E-state index in [9.17, 15) is 4.79 Å². The normalized spacial score (nSPS) is 38.4. The first-order valence-corrected chi connectivity index (χ1v) is 7.46. The van der Waals surface area contributed by atoms with Crippen LogP contribution in [0, 0.1) is 17.3 Å². The average molecular weight is 257 g/mol. The molecule has 2 nitrogen and oxygen atoms in total. The third-order valence-corrected chi connectivity index (χ3v) is 5.31. The van der Waals surface area contributed by atoms with Gasteiger partial charge in [-0.25, -0.2) is 0 Å². The van der Waals surface area contributed by atoms with Crippen molar-refractivity contribution in [1.29, 1.82) is 0 Å². The minimum Gasteiger partial charge on any atom is -0.349 e. The second-order valence-electron chi connectivity index (χ2n) is 6.61. The summed E-state index contributed by atoms with van der Waals surface area (Å²) in [4.78, 5) is 12.0. The van der Waals surface area contributed by atoms with Crippen LogP contribution in [0.15, 0.2) is 30.3 Å². The molecule has 2 fully saturated rings. The Balaban J connectivity index is 2.00. The SMILES string of the molecule is CC1CCC(C)C2(CC(=O)NC2c2ccccc2)C1. The molecule has 0 radical (unpaired) electrons. The zero-order valence-corrected chi connectivity index (χ0v) is 11.9. The van der Waals surface area contributed by atoms with Crippen LogP contribution in [-0.4, -0.2) is 5.91 Å². The highest BCUT2D eigenvalue weighted by Gasteiger charge is 2.52. The van der Waals surface area contributed by atoms with Crippen LogP contribution in [0.2, 0.25) is 0 Å². The Kier molecular flexibility index (Phi) is 3.12. The molecule has 1 aromatic carbocycles. The lowest BCUT2D eigenvalue weighted by atomic mass is 9.59. The van der Waals surface area contributed by atoms with Gasteiger partial charge in [0.1, 0.15) is 0 Å². The molecule has 0 aromatic heterocycles. The molecule has 19 heavy (non-hydrogen) atoms. The largest absolute Gasteiger partial charge is 0.349 e. The van der Waals surface area contributed by atoms with Gasteiger partial charge in [-0.3, -0.25) is 4.79 Å². The summed E-state index contributed by atoms with van der Waals surface area (Å²) in [5, 5.41) is 3.24. The van der Waals surface area contributed by atoms with Gasteiger partial charge in [0.15, 0.2) is 0 Å². The van der Waals surface area contributed by atoms with Crippen molar-refractivity contribution in [2.45, 2.75) is 45.6 Å². The van der Waals surface area contributed by atoms with Crippen molar-refractivity contribution >= 4 is 5.91 Å². The maximum absolute atomic E-state index is 12.0. The molecular weight excluding hydrogens is 234 g/mol. The van der Waals surface area contributed by atoms with E-state index in [1.807, 2.05) is 6.07 Å². The smallest absolute Gasteiger partial charge is 0.221 e. The lowest BCUT2D eigenvalue weighted by Gasteiger charge is -2.45. The number of benzene rings is 1. The fraction of sp³-hybridized carbons (Fsp3) is 0.588. The van der Waals surface area contributed by atoms with Crippen LogP contribution >= 0.6 is 0 Å². The van der Waals surface area contributed by atoms with Gasteiger partial charge in [-0.1, -0.05) is 50.6 Å². The van der Waals surface area contributed by atoms with Gasteiger partial charge >= 0.3 is 0 Å². The van der Waals surface area contributed by atoms with Gasteiger partial charge in [0.05, 0.1) is 6.04 Å². The van der Waals surface area contributed by atoms with Gasteiger partial charge in [-0.2, -0.15) is 0 Å². The van der Waals surface area contributed by atoms with Gasteiger partial charge in [0, 0.05) is 11.8 Å². The Labute approximate surface area is 115 Å². The molecule has 4 atom stereocenters. The van der Waals surface area contributed by atoms with Crippen molar-refractivity contribution in [3.05, 3.63) is 35.9 Å². The second-order valence-corrected chi connectivity index (χ2v) is 6.61. The van der Waals surface area contributed by atoms with E-state index in [1.54, 1.807) is 0 Å². The van der Waals surface area contributed by atoms with Crippen molar-refractivity contribution < 1.29 is 4.79 Å².